The first-order chi connectivity index (χ1) is 11.7. The lowest BCUT2D eigenvalue weighted by molar-refractivity contribution is 0.0573. The van der Waals surface area contributed by atoms with Gasteiger partial charge in [-0.15, -0.1) is 0 Å². The maximum Gasteiger partial charge on any atom is 0.257 e. The molecule has 0 bridgehead atoms. The number of carbonyl (C=O) groups is 1. The van der Waals surface area contributed by atoms with E-state index in [1.807, 2.05) is 42.2 Å². The first-order valence-corrected chi connectivity index (χ1v) is 8.51. The third-order valence-electron chi connectivity index (χ3n) is 4.59. The Morgan fingerprint density at radius 2 is 2.08 bits per heavy atom. The first kappa shape index (κ1) is 16.6. The van der Waals surface area contributed by atoms with Crippen molar-refractivity contribution in [3.63, 3.8) is 0 Å². The molecule has 1 aromatic heterocycles. The van der Waals surface area contributed by atoms with Crippen LogP contribution in [-0.4, -0.2) is 45.1 Å². The SMILES string of the molecule is Cc1nc(-c2ccccc2)ncc1C(=O)N1CCCC[C@H]1CCO. The highest BCUT2D eigenvalue weighted by atomic mass is 16.3. The lowest BCUT2D eigenvalue weighted by atomic mass is 9.98. The number of amides is 1. The Bertz CT molecular complexity index is 701. The van der Waals surface area contributed by atoms with Crippen molar-refractivity contribution < 1.29 is 9.90 Å². The van der Waals surface area contributed by atoms with Crippen LogP contribution in [0.25, 0.3) is 11.4 Å². The van der Waals surface area contributed by atoms with E-state index >= 15 is 0 Å². The Morgan fingerprint density at radius 1 is 1.29 bits per heavy atom. The molecule has 0 saturated carbocycles. The molecular weight excluding hydrogens is 302 g/mol. The summed E-state index contributed by atoms with van der Waals surface area (Å²) in [4.78, 5) is 23.7. The van der Waals surface area contributed by atoms with Gasteiger partial charge >= 0.3 is 0 Å². The summed E-state index contributed by atoms with van der Waals surface area (Å²) in [6.45, 7) is 2.70. The number of hydrogen-bond acceptors (Lipinski definition) is 4. The van der Waals surface area contributed by atoms with E-state index in [1.54, 1.807) is 6.20 Å². The van der Waals surface area contributed by atoms with E-state index in [0.29, 0.717) is 23.5 Å². The summed E-state index contributed by atoms with van der Waals surface area (Å²) in [5, 5.41) is 9.24. The van der Waals surface area contributed by atoms with Gasteiger partial charge in [0, 0.05) is 31.0 Å². The Hall–Kier alpha value is -2.27. The Balaban J connectivity index is 1.85. The normalized spacial score (nSPS) is 17.8. The second kappa shape index (κ2) is 7.53. The lowest BCUT2D eigenvalue weighted by Crippen LogP contribution is -2.44. The average Bonchev–Trinajstić information content (AvgIpc) is 2.62. The largest absolute Gasteiger partial charge is 0.396 e. The van der Waals surface area contributed by atoms with Crippen LogP contribution in [-0.2, 0) is 0 Å². The van der Waals surface area contributed by atoms with Gasteiger partial charge in [-0.2, -0.15) is 0 Å². The van der Waals surface area contributed by atoms with E-state index in [1.165, 1.54) is 0 Å². The van der Waals surface area contributed by atoms with Crippen LogP contribution in [0.5, 0.6) is 0 Å². The zero-order valence-corrected chi connectivity index (χ0v) is 14.0. The molecule has 126 valence electrons. The number of piperidine rings is 1. The summed E-state index contributed by atoms with van der Waals surface area (Å²) in [6, 6.07) is 9.87. The van der Waals surface area contributed by atoms with Crippen molar-refractivity contribution in [1.82, 2.24) is 14.9 Å². The van der Waals surface area contributed by atoms with Gasteiger partial charge in [0.2, 0.25) is 0 Å². The minimum absolute atomic E-state index is 0.0229. The predicted octanol–water partition coefficient (Wildman–Crippen LogP) is 2.83. The Labute approximate surface area is 142 Å². The predicted molar refractivity (Wildman–Crippen MR) is 92.6 cm³/mol. The highest BCUT2D eigenvalue weighted by molar-refractivity contribution is 5.95. The number of aliphatic hydroxyl groups is 1. The van der Waals surface area contributed by atoms with Gasteiger partial charge in [0.05, 0.1) is 11.3 Å². The molecule has 1 amide bonds. The number of likely N-dealkylation sites (tertiary alicyclic amines) is 1. The van der Waals surface area contributed by atoms with E-state index in [-0.39, 0.29) is 18.6 Å². The molecule has 1 aliphatic rings. The number of benzene rings is 1. The average molecular weight is 325 g/mol. The van der Waals surface area contributed by atoms with Crippen molar-refractivity contribution in [1.29, 1.82) is 0 Å². The first-order valence-electron chi connectivity index (χ1n) is 8.51. The van der Waals surface area contributed by atoms with Gasteiger partial charge in [-0.05, 0) is 32.6 Å². The molecule has 1 atom stereocenters. The van der Waals surface area contributed by atoms with Crippen LogP contribution in [0.3, 0.4) is 0 Å². The van der Waals surface area contributed by atoms with Gasteiger partial charge in [-0.3, -0.25) is 4.79 Å². The molecule has 0 radical (unpaired) electrons. The van der Waals surface area contributed by atoms with Crippen molar-refractivity contribution in [2.75, 3.05) is 13.2 Å². The monoisotopic (exact) mass is 325 g/mol. The molecule has 1 fully saturated rings. The van der Waals surface area contributed by atoms with Crippen molar-refractivity contribution >= 4 is 5.91 Å². The summed E-state index contributed by atoms with van der Waals surface area (Å²) >= 11 is 0. The molecule has 2 heterocycles. The number of aliphatic hydroxyl groups excluding tert-OH is 1. The lowest BCUT2D eigenvalue weighted by Gasteiger charge is -2.35. The second-order valence-electron chi connectivity index (χ2n) is 6.22. The van der Waals surface area contributed by atoms with E-state index in [2.05, 4.69) is 9.97 Å². The van der Waals surface area contributed by atoms with Crippen LogP contribution in [0.1, 0.15) is 41.7 Å². The van der Waals surface area contributed by atoms with Crippen LogP contribution in [0.4, 0.5) is 0 Å². The quantitative estimate of drug-likeness (QED) is 0.939. The smallest absolute Gasteiger partial charge is 0.257 e. The maximum atomic E-state index is 12.9. The number of rotatable bonds is 4. The number of aromatic nitrogens is 2. The highest BCUT2D eigenvalue weighted by Crippen LogP contribution is 2.23. The van der Waals surface area contributed by atoms with Gasteiger partial charge in [0.1, 0.15) is 0 Å². The number of hydrogen-bond donors (Lipinski definition) is 1. The highest BCUT2D eigenvalue weighted by Gasteiger charge is 2.28. The molecule has 0 spiro atoms. The topological polar surface area (TPSA) is 66.3 Å². The Morgan fingerprint density at radius 3 is 2.79 bits per heavy atom. The second-order valence-corrected chi connectivity index (χ2v) is 6.22. The molecule has 1 N–H and O–H groups in total. The molecule has 0 aliphatic carbocycles. The molecule has 2 aromatic rings. The number of aryl methyl sites for hydroxylation is 1. The van der Waals surface area contributed by atoms with Gasteiger partial charge in [-0.1, -0.05) is 30.3 Å². The standard InChI is InChI=1S/C19H23N3O2/c1-14-17(13-20-18(21-14)15-7-3-2-4-8-15)19(24)22-11-6-5-9-16(22)10-12-23/h2-4,7-8,13,16,23H,5-6,9-12H2,1H3/t16-/m0/s1. The number of carbonyl (C=O) groups excluding carboxylic acids is 1. The molecule has 5 heteroatoms. The number of nitrogens with zero attached hydrogens (tertiary/aromatic N) is 3. The summed E-state index contributed by atoms with van der Waals surface area (Å²) < 4.78 is 0. The molecule has 0 unspecified atom stereocenters. The van der Waals surface area contributed by atoms with Gasteiger partial charge in [-0.25, -0.2) is 9.97 Å². The molecule has 1 aromatic carbocycles. The molecule has 3 rings (SSSR count). The van der Waals surface area contributed by atoms with Crippen LogP contribution < -0.4 is 0 Å². The summed E-state index contributed by atoms with van der Waals surface area (Å²) in [6.07, 6.45) is 5.34. The summed E-state index contributed by atoms with van der Waals surface area (Å²) in [5.74, 6) is 0.612. The van der Waals surface area contributed by atoms with E-state index in [0.717, 1.165) is 31.4 Å². The van der Waals surface area contributed by atoms with Crippen molar-refractivity contribution in [3.05, 3.63) is 47.8 Å². The van der Waals surface area contributed by atoms with Crippen molar-refractivity contribution in [3.8, 4) is 11.4 Å². The van der Waals surface area contributed by atoms with Crippen LogP contribution in [0, 0.1) is 6.92 Å². The Kier molecular flexibility index (Phi) is 5.20. The van der Waals surface area contributed by atoms with Gasteiger partial charge in [0.15, 0.2) is 5.82 Å². The minimum atomic E-state index is -0.0229. The minimum Gasteiger partial charge on any atom is -0.396 e. The van der Waals surface area contributed by atoms with Gasteiger partial charge < -0.3 is 10.0 Å². The fourth-order valence-electron chi connectivity index (χ4n) is 3.28. The van der Waals surface area contributed by atoms with Crippen LogP contribution in [0.2, 0.25) is 0 Å². The zero-order valence-electron chi connectivity index (χ0n) is 14.0. The van der Waals surface area contributed by atoms with Crippen molar-refractivity contribution in [2.45, 2.75) is 38.6 Å². The molecular formula is C19H23N3O2. The zero-order chi connectivity index (χ0) is 16.9. The fraction of sp³-hybridized carbons (Fsp3) is 0.421. The molecule has 1 aliphatic heterocycles. The van der Waals surface area contributed by atoms with Crippen LogP contribution >= 0.6 is 0 Å². The molecule has 1 saturated heterocycles. The van der Waals surface area contributed by atoms with Crippen LogP contribution in [0.15, 0.2) is 36.5 Å². The van der Waals surface area contributed by atoms with E-state index in [4.69, 9.17) is 0 Å². The summed E-state index contributed by atoms with van der Waals surface area (Å²) in [5.41, 5.74) is 2.19. The van der Waals surface area contributed by atoms with E-state index < -0.39 is 0 Å². The maximum absolute atomic E-state index is 12.9. The van der Waals surface area contributed by atoms with Gasteiger partial charge in [0.25, 0.3) is 5.91 Å². The third-order valence-corrected chi connectivity index (χ3v) is 4.59. The third kappa shape index (κ3) is 3.46. The molecule has 5 nitrogen and oxygen atoms in total. The van der Waals surface area contributed by atoms with Crippen molar-refractivity contribution in [2.24, 2.45) is 0 Å². The summed E-state index contributed by atoms with van der Waals surface area (Å²) in [7, 11) is 0. The fourth-order valence-corrected chi connectivity index (χ4v) is 3.28. The molecule has 24 heavy (non-hydrogen) atoms. The van der Waals surface area contributed by atoms with E-state index in [9.17, 15) is 9.90 Å².